The zero-order valence-corrected chi connectivity index (χ0v) is 21.1. The molecule has 0 saturated heterocycles. The standard InChI is InChI=1S/C25H27NO9S/c1-16-5-7-21(8-6-16)36(29,30)35-14-19-10-17(9-18(13-27)26-19)25-22(31-2)11-20(12-23(25)32-3)34-15-24(28)33-4/h5-12,27H,13-15H2,1-4H3. The third-order valence-electron chi connectivity index (χ3n) is 5.12. The summed E-state index contributed by atoms with van der Waals surface area (Å²) in [5.41, 5.74) is 2.51. The molecule has 0 spiro atoms. The number of aliphatic hydroxyl groups is 1. The topological polar surface area (TPSA) is 130 Å². The molecule has 0 amide bonds. The van der Waals surface area contributed by atoms with Crippen molar-refractivity contribution in [1.29, 1.82) is 0 Å². The maximum atomic E-state index is 12.6. The molecular weight excluding hydrogens is 490 g/mol. The predicted octanol–water partition coefficient (Wildman–Crippen LogP) is 3.02. The summed E-state index contributed by atoms with van der Waals surface area (Å²) >= 11 is 0. The fourth-order valence-corrected chi connectivity index (χ4v) is 4.20. The molecule has 0 atom stereocenters. The minimum absolute atomic E-state index is 0.0255. The largest absolute Gasteiger partial charge is 0.496 e. The summed E-state index contributed by atoms with van der Waals surface area (Å²) in [6, 6.07) is 12.6. The minimum Gasteiger partial charge on any atom is -0.496 e. The minimum atomic E-state index is -4.03. The van der Waals surface area contributed by atoms with Crippen LogP contribution in [-0.4, -0.2) is 52.4 Å². The number of aromatic nitrogens is 1. The van der Waals surface area contributed by atoms with Gasteiger partial charge in [-0.3, -0.25) is 9.17 Å². The van der Waals surface area contributed by atoms with Gasteiger partial charge >= 0.3 is 5.97 Å². The third kappa shape index (κ3) is 6.51. The van der Waals surface area contributed by atoms with Gasteiger partial charge in [0, 0.05) is 12.1 Å². The lowest BCUT2D eigenvalue weighted by Gasteiger charge is -2.17. The number of rotatable bonds is 11. The Morgan fingerprint density at radius 3 is 2.11 bits per heavy atom. The summed E-state index contributed by atoms with van der Waals surface area (Å²) in [4.78, 5) is 15.7. The van der Waals surface area contributed by atoms with Crippen LogP contribution in [0.4, 0.5) is 0 Å². The van der Waals surface area contributed by atoms with E-state index in [0.717, 1.165) is 5.56 Å². The maximum Gasteiger partial charge on any atom is 0.343 e. The fourth-order valence-electron chi connectivity index (χ4n) is 3.32. The van der Waals surface area contributed by atoms with Gasteiger partial charge in [-0.2, -0.15) is 8.42 Å². The lowest BCUT2D eigenvalue weighted by molar-refractivity contribution is -0.142. The Hall–Kier alpha value is -3.67. The molecule has 0 aliphatic carbocycles. The number of carbonyl (C=O) groups excluding carboxylic acids is 1. The molecule has 11 heteroatoms. The highest BCUT2D eigenvalue weighted by Crippen LogP contribution is 2.42. The number of benzene rings is 2. The number of esters is 1. The van der Waals surface area contributed by atoms with Gasteiger partial charge < -0.3 is 24.1 Å². The molecule has 1 N–H and O–H groups in total. The first-order valence-corrected chi connectivity index (χ1v) is 12.1. The van der Waals surface area contributed by atoms with Crippen molar-refractivity contribution in [3.8, 4) is 28.4 Å². The summed E-state index contributed by atoms with van der Waals surface area (Å²) < 4.78 is 51.5. The van der Waals surface area contributed by atoms with Gasteiger partial charge in [-0.15, -0.1) is 0 Å². The zero-order valence-electron chi connectivity index (χ0n) is 20.3. The van der Waals surface area contributed by atoms with Crippen LogP contribution in [0.25, 0.3) is 11.1 Å². The highest BCUT2D eigenvalue weighted by Gasteiger charge is 2.20. The molecule has 0 aliphatic heterocycles. The summed E-state index contributed by atoms with van der Waals surface area (Å²) in [6.45, 7) is 0.797. The molecule has 0 fully saturated rings. The van der Waals surface area contributed by atoms with Crippen LogP contribution < -0.4 is 14.2 Å². The normalized spacial score (nSPS) is 11.1. The van der Waals surface area contributed by atoms with Crippen molar-refractivity contribution in [3.05, 3.63) is 65.5 Å². The fraction of sp³-hybridized carbons (Fsp3) is 0.280. The van der Waals surface area contributed by atoms with Crippen LogP contribution in [0.2, 0.25) is 0 Å². The monoisotopic (exact) mass is 517 g/mol. The number of hydrogen-bond acceptors (Lipinski definition) is 10. The van der Waals surface area contributed by atoms with Crippen LogP contribution in [0.3, 0.4) is 0 Å². The second-order valence-electron chi connectivity index (χ2n) is 7.59. The maximum absolute atomic E-state index is 12.6. The summed E-state index contributed by atoms with van der Waals surface area (Å²) in [5.74, 6) is 0.456. The Morgan fingerprint density at radius 1 is 0.944 bits per heavy atom. The summed E-state index contributed by atoms with van der Waals surface area (Å²) in [5, 5.41) is 9.76. The second kappa shape index (κ2) is 11.8. The molecule has 0 aliphatic rings. The summed E-state index contributed by atoms with van der Waals surface area (Å²) in [7, 11) is 0.136. The van der Waals surface area contributed by atoms with Gasteiger partial charge in [-0.05, 0) is 36.8 Å². The zero-order chi connectivity index (χ0) is 26.3. The third-order valence-corrected chi connectivity index (χ3v) is 6.40. The van der Waals surface area contributed by atoms with Gasteiger partial charge in [0.25, 0.3) is 10.1 Å². The molecule has 192 valence electrons. The van der Waals surface area contributed by atoms with E-state index in [9.17, 15) is 18.3 Å². The molecule has 0 bridgehead atoms. The smallest absolute Gasteiger partial charge is 0.343 e. The number of ether oxygens (including phenoxy) is 4. The Kier molecular flexibility index (Phi) is 8.86. The van der Waals surface area contributed by atoms with E-state index in [2.05, 4.69) is 9.72 Å². The number of carbonyl (C=O) groups is 1. The van der Waals surface area contributed by atoms with E-state index in [-0.39, 0.29) is 29.5 Å². The average Bonchev–Trinajstić information content (AvgIpc) is 2.89. The quantitative estimate of drug-likeness (QED) is 0.299. The van der Waals surface area contributed by atoms with Crippen LogP contribution >= 0.6 is 0 Å². The number of aliphatic hydroxyl groups excluding tert-OH is 1. The number of nitrogens with zero attached hydrogens (tertiary/aromatic N) is 1. The van der Waals surface area contributed by atoms with E-state index in [1.54, 1.807) is 36.4 Å². The van der Waals surface area contributed by atoms with Crippen LogP contribution in [0.1, 0.15) is 17.0 Å². The molecule has 1 aromatic heterocycles. The number of hydrogen-bond donors (Lipinski definition) is 1. The molecule has 36 heavy (non-hydrogen) atoms. The molecule has 2 aromatic carbocycles. The van der Waals surface area contributed by atoms with Crippen molar-refractivity contribution < 1.29 is 41.4 Å². The Morgan fingerprint density at radius 2 is 1.56 bits per heavy atom. The van der Waals surface area contributed by atoms with Crippen LogP contribution in [-0.2, 0) is 37.0 Å². The van der Waals surface area contributed by atoms with Crippen molar-refractivity contribution in [2.45, 2.75) is 25.0 Å². The molecule has 3 aromatic rings. The lowest BCUT2D eigenvalue weighted by atomic mass is 10.0. The summed E-state index contributed by atoms with van der Waals surface area (Å²) in [6.07, 6.45) is 0. The molecule has 10 nitrogen and oxygen atoms in total. The van der Waals surface area contributed by atoms with E-state index in [1.165, 1.54) is 33.5 Å². The average molecular weight is 518 g/mol. The van der Waals surface area contributed by atoms with Crippen LogP contribution in [0.15, 0.2) is 53.4 Å². The molecule has 1 heterocycles. The SMILES string of the molecule is COC(=O)COc1cc(OC)c(-c2cc(CO)nc(COS(=O)(=O)c3ccc(C)cc3)c2)c(OC)c1. The van der Waals surface area contributed by atoms with Gasteiger partial charge in [0.05, 0.1) is 49.8 Å². The van der Waals surface area contributed by atoms with E-state index in [4.69, 9.17) is 18.4 Å². The van der Waals surface area contributed by atoms with Gasteiger partial charge in [-0.25, -0.2) is 4.79 Å². The van der Waals surface area contributed by atoms with Crippen molar-refractivity contribution in [2.75, 3.05) is 27.9 Å². The first-order chi connectivity index (χ1) is 17.2. The Labute approximate surface area is 209 Å². The highest BCUT2D eigenvalue weighted by atomic mass is 32.2. The Balaban J connectivity index is 1.96. The van der Waals surface area contributed by atoms with E-state index in [0.29, 0.717) is 28.4 Å². The van der Waals surface area contributed by atoms with Crippen molar-refractivity contribution >= 4 is 16.1 Å². The molecule has 0 radical (unpaired) electrons. The predicted molar refractivity (Wildman–Crippen MR) is 129 cm³/mol. The number of aryl methyl sites for hydroxylation is 1. The van der Waals surface area contributed by atoms with Gasteiger partial charge in [0.2, 0.25) is 0 Å². The number of pyridine rings is 1. The first kappa shape index (κ1) is 26.9. The van der Waals surface area contributed by atoms with Gasteiger partial charge in [-0.1, -0.05) is 17.7 Å². The van der Waals surface area contributed by atoms with Gasteiger partial charge in [0.1, 0.15) is 23.9 Å². The van der Waals surface area contributed by atoms with E-state index < -0.39 is 22.7 Å². The first-order valence-electron chi connectivity index (χ1n) is 10.7. The Bertz CT molecular complexity index is 1300. The van der Waals surface area contributed by atoms with E-state index >= 15 is 0 Å². The van der Waals surface area contributed by atoms with Gasteiger partial charge in [0.15, 0.2) is 6.61 Å². The van der Waals surface area contributed by atoms with Crippen LogP contribution in [0.5, 0.6) is 17.2 Å². The second-order valence-corrected chi connectivity index (χ2v) is 9.21. The van der Waals surface area contributed by atoms with E-state index in [1.807, 2.05) is 6.92 Å². The lowest BCUT2D eigenvalue weighted by Crippen LogP contribution is -2.12. The molecule has 3 rings (SSSR count). The number of methoxy groups -OCH3 is 3. The van der Waals surface area contributed by atoms with Crippen LogP contribution in [0, 0.1) is 6.92 Å². The van der Waals surface area contributed by atoms with Crippen molar-refractivity contribution in [2.24, 2.45) is 0 Å². The van der Waals surface area contributed by atoms with Crippen molar-refractivity contribution in [3.63, 3.8) is 0 Å². The molecule has 0 unspecified atom stereocenters. The van der Waals surface area contributed by atoms with Crippen molar-refractivity contribution in [1.82, 2.24) is 4.98 Å². The molecule has 0 saturated carbocycles. The molecular formula is C25H27NO9S. The highest BCUT2D eigenvalue weighted by molar-refractivity contribution is 7.86.